The van der Waals surface area contributed by atoms with Gasteiger partial charge in [0.1, 0.15) is 5.52 Å². The summed E-state index contributed by atoms with van der Waals surface area (Å²) in [5.74, 6) is -0.954. The van der Waals surface area contributed by atoms with Crippen molar-refractivity contribution >= 4 is 17.0 Å². The molecule has 1 heterocycles. The average molecular weight is 248 g/mol. The number of carboxylic acid groups (broad SMARTS) is 1. The SMILES string of the molecule is CC(C)OCCn1cnc2c(C(=O)O)cccc21. The molecular formula is C13H16N2O3. The molecule has 1 N–H and O–H groups in total. The summed E-state index contributed by atoms with van der Waals surface area (Å²) in [6.45, 7) is 5.21. The molecule has 2 aromatic rings. The summed E-state index contributed by atoms with van der Waals surface area (Å²) in [5.41, 5.74) is 1.58. The quantitative estimate of drug-likeness (QED) is 0.880. The van der Waals surface area contributed by atoms with Crippen LogP contribution < -0.4 is 0 Å². The second-order valence-corrected chi connectivity index (χ2v) is 4.34. The molecule has 18 heavy (non-hydrogen) atoms. The van der Waals surface area contributed by atoms with Crippen LogP contribution >= 0.6 is 0 Å². The van der Waals surface area contributed by atoms with Crippen molar-refractivity contribution in [3.63, 3.8) is 0 Å². The van der Waals surface area contributed by atoms with Crippen molar-refractivity contribution in [3.8, 4) is 0 Å². The van der Waals surface area contributed by atoms with Crippen molar-refractivity contribution < 1.29 is 14.6 Å². The maximum Gasteiger partial charge on any atom is 0.337 e. The van der Waals surface area contributed by atoms with Gasteiger partial charge in [0.05, 0.1) is 30.1 Å². The number of carboxylic acids is 1. The van der Waals surface area contributed by atoms with E-state index >= 15 is 0 Å². The fourth-order valence-corrected chi connectivity index (χ4v) is 1.83. The Morgan fingerprint density at radius 2 is 2.28 bits per heavy atom. The van der Waals surface area contributed by atoms with E-state index in [1.165, 1.54) is 0 Å². The van der Waals surface area contributed by atoms with E-state index in [0.717, 1.165) is 5.52 Å². The Bertz CT molecular complexity index is 560. The average Bonchev–Trinajstić information content (AvgIpc) is 2.72. The summed E-state index contributed by atoms with van der Waals surface area (Å²) < 4.78 is 7.38. The number of fused-ring (bicyclic) bond motifs is 1. The Morgan fingerprint density at radius 3 is 2.94 bits per heavy atom. The van der Waals surface area contributed by atoms with E-state index < -0.39 is 5.97 Å². The number of aromatic carboxylic acids is 1. The highest BCUT2D eigenvalue weighted by Crippen LogP contribution is 2.17. The first-order chi connectivity index (χ1) is 8.59. The van der Waals surface area contributed by atoms with Crippen LogP contribution in [0.3, 0.4) is 0 Å². The van der Waals surface area contributed by atoms with E-state index in [4.69, 9.17) is 9.84 Å². The van der Waals surface area contributed by atoms with E-state index in [2.05, 4.69) is 4.98 Å². The Kier molecular flexibility index (Phi) is 3.62. The maximum atomic E-state index is 11.1. The molecule has 0 aliphatic heterocycles. The molecule has 0 radical (unpaired) electrons. The van der Waals surface area contributed by atoms with E-state index in [9.17, 15) is 4.79 Å². The third kappa shape index (κ3) is 2.51. The zero-order chi connectivity index (χ0) is 13.1. The topological polar surface area (TPSA) is 64.4 Å². The predicted octanol–water partition coefficient (Wildman–Crippen LogP) is 2.16. The Balaban J connectivity index is 2.26. The van der Waals surface area contributed by atoms with Crippen molar-refractivity contribution in [2.24, 2.45) is 0 Å². The van der Waals surface area contributed by atoms with Gasteiger partial charge in [-0.3, -0.25) is 0 Å². The highest BCUT2D eigenvalue weighted by atomic mass is 16.5. The van der Waals surface area contributed by atoms with Crippen molar-refractivity contribution in [1.29, 1.82) is 0 Å². The number of ether oxygens (including phenoxy) is 1. The number of imidazole rings is 1. The van der Waals surface area contributed by atoms with E-state index in [1.807, 2.05) is 24.5 Å². The molecule has 0 amide bonds. The molecule has 1 aromatic heterocycles. The third-order valence-electron chi connectivity index (χ3n) is 2.66. The number of hydrogen-bond acceptors (Lipinski definition) is 3. The summed E-state index contributed by atoms with van der Waals surface area (Å²) in [5, 5.41) is 9.07. The number of aromatic nitrogens is 2. The van der Waals surface area contributed by atoms with Gasteiger partial charge in [-0.05, 0) is 26.0 Å². The van der Waals surface area contributed by atoms with Gasteiger partial charge in [-0.25, -0.2) is 9.78 Å². The van der Waals surface area contributed by atoms with Gasteiger partial charge in [-0.2, -0.15) is 0 Å². The monoisotopic (exact) mass is 248 g/mol. The number of rotatable bonds is 5. The van der Waals surface area contributed by atoms with Crippen molar-refractivity contribution in [1.82, 2.24) is 9.55 Å². The second-order valence-electron chi connectivity index (χ2n) is 4.34. The zero-order valence-corrected chi connectivity index (χ0v) is 10.5. The molecule has 0 aliphatic carbocycles. The summed E-state index contributed by atoms with van der Waals surface area (Å²) in [4.78, 5) is 15.2. The highest BCUT2D eigenvalue weighted by molar-refractivity contribution is 6.00. The van der Waals surface area contributed by atoms with Crippen LogP contribution in [0.2, 0.25) is 0 Å². The van der Waals surface area contributed by atoms with Crippen LogP contribution in [0.5, 0.6) is 0 Å². The lowest BCUT2D eigenvalue weighted by Gasteiger charge is -2.08. The van der Waals surface area contributed by atoms with Crippen molar-refractivity contribution in [2.75, 3.05) is 6.61 Å². The van der Waals surface area contributed by atoms with Gasteiger partial charge in [-0.1, -0.05) is 6.07 Å². The zero-order valence-electron chi connectivity index (χ0n) is 10.5. The first-order valence-electron chi connectivity index (χ1n) is 5.88. The lowest BCUT2D eigenvalue weighted by atomic mass is 10.2. The molecule has 0 saturated heterocycles. The fraction of sp³-hybridized carbons (Fsp3) is 0.385. The lowest BCUT2D eigenvalue weighted by Crippen LogP contribution is -2.09. The third-order valence-corrected chi connectivity index (χ3v) is 2.66. The molecule has 0 fully saturated rings. The molecule has 5 nitrogen and oxygen atoms in total. The largest absolute Gasteiger partial charge is 0.478 e. The molecule has 0 atom stereocenters. The highest BCUT2D eigenvalue weighted by Gasteiger charge is 2.12. The Hall–Kier alpha value is -1.88. The smallest absolute Gasteiger partial charge is 0.337 e. The number of carbonyl (C=O) groups is 1. The van der Waals surface area contributed by atoms with Gasteiger partial charge >= 0.3 is 5.97 Å². The molecule has 0 spiro atoms. The van der Waals surface area contributed by atoms with Gasteiger partial charge in [0.25, 0.3) is 0 Å². The number of hydrogen-bond donors (Lipinski definition) is 1. The van der Waals surface area contributed by atoms with Crippen LogP contribution in [0.1, 0.15) is 24.2 Å². The molecule has 0 saturated carbocycles. The van der Waals surface area contributed by atoms with Crippen LogP contribution in [0, 0.1) is 0 Å². The molecule has 0 unspecified atom stereocenters. The van der Waals surface area contributed by atoms with Crippen molar-refractivity contribution in [3.05, 3.63) is 30.1 Å². The second kappa shape index (κ2) is 5.18. The normalized spacial score (nSPS) is 11.3. The minimum absolute atomic E-state index is 0.189. The minimum atomic E-state index is -0.954. The molecule has 96 valence electrons. The van der Waals surface area contributed by atoms with E-state index in [-0.39, 0.29) is 11.7 Å². The standard InChI is InChI=1S/C13H16N2O3/c1-9(2)18-7-6-15-8-14-12-10(13(16)17)4-3-5-11(12)15/h3-5,8-9H,6-7H2,1-2H3,(H,16,17). The first-order valence-corrected chi connectivity index (χ1v) is 5.88. The fourth-order valence-electron chi connectivity index (χ4n) is 1.83. The van der Waals surface area contributed by atoms with Crippen LogP contribution in [0.15, 0.2) is 24.5 Å². The van der Waals surface area contributed by atoms with Crippen LogP contribution in [0.25, 0.3) is 11.0 Å². The summed E-state index contributed by atoms with van der Waals surface area (Å²) in [7, 11) is 0. The summed E-state index contributed by atoms with van der Waals surface area (Å²) in [6, 6.07) is 5.16. The van der Waals surface area contributed by atoms with Crippen LogP contribution in [-0.2, 0) is 11.3 Å². The summed E-state index contributed by atoms with van der Waals surface area (Å²) >= 11 is 0. The maximum absolute atomic E-state index is 11.1. The first kappa shape index (κ1) is 12.6. The van der Waals surface area contributed by atoms with Gasteiger partial charge in [0.2, 0.25) is 0 Å². The van der Waals surface area contributed by atoms with Gasteiger partial charge in [-0.15, -0.1) is 0 Å². The lowest BCUT2D eigenvalue weighted by molar-refractivity contribution is 0.0698. The van der Waals surface area contributed by atoms with E-state index in [0.29, 0.717) is 18.7 Å². The molecule has 0 bridgehead atoms. The molecule has 1 aromatic carbocycles. The number of para-hydroxylation sites is 1. The van der Waals surface area contributed by atoms with Crippen LogP contribution in [-0.4, -0.2) is 33.3 Å². The number of nitrogens with zero attached hydrogens (tertiary/aromatic N) is 2. The number of benzene rings is 1. The van der Waals surface area contributed by atoms with Gasteiger partial charge < -0.3 is 14.4 Å². The molecule has 5 heteroatoms. The Labute approximate surface area is 105 Å². The molecule has 2 rings (SSSR count). The Morgan fingerprint density at radius 1 is 1.50 bits per heavy atom. The minimum Gasteiger partial charge on any atom is -0.478 e. The predicted molar refractivity (Wildman–Crippen MR) is 67.8 cm³/mol. The van der Waals surface area contributed by atoms with Gasteiger partial charge in [0, 0.05) is 6.54 Å². The van der Waals surface area contributed by atoms with Crippen LogP contribution in [0.4, 0.5) is 0 Å². The molecule has 0 aliphatic rings. The molecular weight excluding hydrogens is 232 g/mol. The van der Waals surface area contributed by atoms with Gasteiger partial charge in [0.15, 0.2) is 0 Å². The summed E-state index contributed by atoms with van der Waals surface area (Å²) in [6.07, 6.45) is 1.84. The van der Waals surface area contributed by atoms with E-state index in [1.54, 1.807) is 18.5 Å². The van der Waals surface area contributed by atoms with Crippen molar-refractivity contribution in [2.45, 2.75) is 26.5 Å².